The van der Waals surface area contributed by atoms with E-state index in [0.29, 0.717) is 8.67 Å². The van der Waals surface area contributed by atoms with Crippen LogP contribution in [0.2, 0.25) is 8.67 Å². The van der Waals surface area contributed by atoms with Gasteiger partial charge in [0, 0.05) is 5.56 Å². The molecule has 6 heteroatoms. The molecule has 0 aliphatic rings. The Morgan fingerprint density at radius 2 is 2.00 bits per heavy atom. The number of halogens is 4. The van der Waals surface area contributed by atoms with Crippen LogP contribution in [0.3, 0.4) is 0 Å². The van der Waals surface area contributed by atoms with Crippen LogP contribution in [0, 0.1) is 5.82 Å². The molecule has 2 aromatic rings. The molecule has 0 aliphatic heterocycles. The summed E-state index contributed by atoms with van der Waals surface area (Å²) in [5.74, 6) is -0.849. The summed E-state index contributed by atoms with van der Waals surface area (Å²) in [6, 6.07) is 5.74. The number of benzene rings is 1. The highest BCUT2D eigenvalue weighted by molar-refractivity contribution is 9.10. The monoisotopic (exact) mass is 352 g/mol. The van der Waals surface area contributed by atoms with Gasteiger partial charge in [0.2, 0.25) is 0 Å². The van der Waals surface area contributed by atoms with Gasteiger partial charge in [0.1, 0.15) is 10.2 Å². The first-order chi connectivity index (χ1) is 8.00. The Labute approximate surface area is 119 Å². The molecule has 0 saturated carbocycles. The van der Waals surface area contributed by atoms with Gasteiger partial charge in [-0.3, -0.25) is 4.79 Å². The van der Waals surface area contributed by atoms with Gasteiger partial charge >= 0.3 is 0 Å². The second-order valence-corrected chi connectivity index (χ2v) is 6.25. The molecule has 1 aromatic heterocycles. The third-order valence-corrected chi connectivity index (χ3v) is 4.39. The molecule has 2 rings (SSSR count). The van der Waals surface area contributed by atoms with Crippen LogP contribution in [0.4, 0.5) is 4.39 Å². The van der Waals surface area contributed by atoms with Crippen molar-refractivity contribution in [2.75, 3.05) is 0 Å². The van der Waals surface area contributed by atoms with Gasteiger partial charge in [0.25, 0.3) is 0 Å². The van der Waals surface area contributed by atoms with Crippen LogP contribution in [0.15, 0.2) is 28.7 Å². The van der Waals surface area contributed by atoms with E-state index >= 15 is 0 Å². The quantitative estimate of drug-likeness (QED) is 0.679. The molecule has 0 radical (unpaired) electrons. The van der Waals surface area contributed by atoms with E-state index in [9.17, 15) is 9.18 Å². The third-order valence-electron chi connectivity index (χ3n) is 2.10. The lowest BCUT2D eigenvalue weighted by molar-refractivity contribution is 0.103. The first-order valence-electron chi connectivity index (χ1n) is 4.44. The van der Waals surface area contributed by atoms with Crippen molar-refractivity contribution in [2.24, 2.45) is 0 Å². The van der Waals surface area contributed by atoms with Crippen molar-refractivity contribution in [3.8, 4) is 0 Å². The minimum atomic E-state index is -0.492. The smallest absolute Gasteiger partial charge is 0.196 e. The predicted molar refractivity (Wildman–Crippen MR) is 71.9 cm³/mol. The highest BCUT2D eigenvalue weighted by Gasteiger charge is 2.19. The van der Waals surface area contributed by atoms with Gasteiger partial charge in [-0.2, -0.15) is 0 Å². The summed E-state index contributed by atoms with van der Waals surface area (Å²) >= 11 is 15.8. The van der Waals surface area contributed by atoms with Crippen molar-refractivity contribution in [3.63, 3.8) is 0 Å². The van der Waals surface area contributed by atoms with Gasteiger partial charge in [0.05, 0.1) is 14.4 Å². The molecule has 0 aliphatic carbocycles. The molecular weight excluding hydrogens is 350 g/mol. The molecule has 0 fully saturated rings. The Balaban J connectivity index is 2.51. The maximum atomic E-state index is 13.3. The minimum absolute atomic E-state index is 0.128. The van der Waals surface area contributed by atoms with Crippen molar-refractivity contribution < 1.29 is 9.18 Å². The van der Waals surface area contributed by atoms with E-state index in [1.807, 2.05) is 0 Å². The van der Waals surface area contributed by atoms with Crippen molar-refractivity contribution in [2.45, 2.75) is 0 Å². The lowest BCUT2D eigenvalue weighted by atomic mass is 10.1. The molecule has 0 N–H and O–H groups in total. The fraction of sp³-hybridized carbons (Fsp3) is 0. The zero-order chi connectivity index (χ0) is 12.6. The van der Waals surface area contributed by atoms with E-state index in [0.717, 1.165) is 11.3 Å². The minimum Gasteiger partial charge on any atom is -0.288 e. The number of hydrogen-bond acceptors (Lipinski definition) is 2. The van der Waals surface area contributed by atoms with E-state index < -0.39 is 5.82 Å². The Hall–Kier alpha value is -0.420. The van der Waals surface area contributed by atoms with Crippen molar-refractivity contribution in [1.82, 2.24) is 0 Å². The van der Waals surface area contributed by atoms with Crippen molar-refractivity contribution >= 4 is 56.3 Å². The van der Waals surface area contributed by atoms with Crippen LogP contribution in [0.25, 0.3) is 0 Å². The van der Waals surface area contributed by atoms with Crippen LogP contribution in [0.1, 0.15) is 15.9 Å². The second-order valence-electron chi connectivity index (χ2n) is 3.17. The molecule has 0 amide bonds. The molecule has 88 valence electrons. The van der Waals surface area contributed by atoms with Gasteiger partial charge in [-0.1, -0.05) is 29.3 Å². The van der Waals surface area contributed by atoms with Gasteiger partial charge in [-0.25, -0.2) is 4.39 Å². The number of rotatable bonds is 2. The summed E-state index contributed by atoms with van der Waals surface area (Å²) in [6.07, 6.45) is 0. The number of carbonyl (C=O) groups excluding carboxylic acids is 1. The molecular formula is C11H4BrCl2FOS. The largest absolute Gasteiger partial charge is 0.288 e. The molecule has 0 unspecified atom stereocenters. The third kappa shape index (κ3) is 2.55. The normalized spacial score (nSPS) is 10.6. The summed E-state index contributed by atoms with van der Waals surface area (Å²) in [5.41, 5.74) is 0.509. The molecule has 0 bridgehead atoms. The first-order valence-corrected chi connectivity index (χ1v) is 6.81. The summed E-state index contributed by atoms with van der Waals surface area (Å²) in [4.78, 5) is 12.1. The number of carbonyl (C=O) groups is 1. The van der Waals surface area contributed by atoms with Crippen LogP contribution in [-0.4, -0.2) is 5.78 Å². The van der Waals surface area contributed by atoms with E-state index in [-0.39, 0.29) is 21.4 Å². The zero-order valence-electron chi connectivity index (χ0n) is 8.14. The number of thiophene rings is 1. The van der Waals surface area contributed by atoms with Crippen LogP contribution in [0.5, 0.6) is 0 Å². The summed E-state index contributed by atoms with van der Waals surface area (Å²) < 4.78 is 14.2. The molecule has 1 heterocycles. The van der Waals surface area contributed by atoms with Crippen LogP contribution < -0.4 is 0 Å². The Kier molecular flexibility index (Phi) is 3.88. The van der Waals surface area contributed by atoms with Crippen molar-refractivity contribution in [3.05, 3.63) is 54.4 Å². The van der Waals surface area contributed by atoms with Gasteiger partial charge in [-0.05, 0) is 34.1 Å². The molecule has 1 aromatic carbocycles. The molecule has 0 atom stereocenters. The van der Waals surface area contributed by atoms with Crippen LogP contribution >= 0.6 is 50.5 Å². The van der Waals surface area contributed by atoms with Gasteiger partial charge in [-0.15, -0.1) is 11.3 Å². The number of ketones is 1. The van der Waals surface area contributed by atoms with E-state index in [2.05, 4.69) is 15.9 Å². The molecule has 0 saturated heterocycles. The van der Waals surface area contributed by atoms with Crippen LogP contribution in [-0.2, 0) is 0 Å². The number of hydrogen-bond donors (Lipinski definition) is 0. The molecule has 0 spiro atoms. The van der Waals surface area contributed by atoms with E-state index in [4.69, 9.17) is 23.2 Å². The predicted octanol–water partition coefficient (Wildman–Crippen LogP) is 5.19. The SMILES string of the molecule is O=C(c1cc(Cl)sc1Cl)c1cccc(F)c1Br. The highest BCUT2D eigenvalue weighted by Crippen LogP contribution is 2.34. The Bertz CT molecular complexity index is 597. The fourth-order valence-corrected chi connectivity index (χ4v) is 3.22. The standard InChI is InChI=1S/C11H4BrCl2FOS/c12-9-5(2-1-3-7(9)15)10(16)6-4-8(13)17-11(6)14/h1-4H. The Morgan fingerprint density at radius 1 is 1.29 bits per heavy atom. The second kappa shape index (κ2) is 5.06. The molecule has 1 nitrogen and oxygen atoms in total. The fourth-order valence-electron chi connectivity index (χ4n) is 1.32. The molecule has 17 heavy (non-hydrogen) atoms. The van der Waals surface area contributed by atoms with Crippen molar-refractivity contribution in [1.29, 1.82) is 0 Å². The lowest BCUT2D eigenvalue weighted by Gasteiger charge is -2.03. The van der Waals surface area contributed by atoms with Gasteiger partial charge in [0.15, 0.2) is 5.78 Å². The summed E-state index contributed by atoms with van der Waals surface area (Å²) in [7, 11) is 0. The maximum absolute atomic E-state index is 13.3. The van der Waals surface area contributed by atoms with Gasteiger partial charge < -0.3 is 0 Å². The maximum Gasteiger partial charge on any atom is 0.196 e. The lowest BCUT2D eigenvalue weighted by Crippen LogP contribution is -2.02. The average Bonchev–Trinajstić information content (AvgIpc) is 2.61. The van der Waals surface area contributed by atoms with E-state index in [1.54, 1.807) is 0 Å². The first kappa shape index (κ1) is 13.0. The summed E-state index contributed by atoms with van der Waals surface area (Å²) in [5, 5.41) is 0. The zero-order valence-corrected chi connectivity index (χ0v) is 12.1. The Morgan fingerprint density at radius 3 is 2.59 bits per heavy atom. The summed E-state index contributed by atoms with van der Waals surface area (Å²) in [6.45, 7) is 0. The highest BCUT2D eigenvalue weighted by atomic mass is 79.9. The average molecular weight is 354 g/mol. The van der Waals surface area contributed by atoms with E-state index in [1.165, 1.54) is 24.3 Å². The topological polar surface area (TPSA) is 17.1 Å².